The van der Waals surface area contributed by atoms with Crippen molar-refractivity contribution in [3.05, 3.63) is 71.8 Å². The summed E-state index contributed by atoms with van der Waals surface area (Å²) in [5, 5.41) is 11.6. The Hall–Kier alpha value is -2.39. The van der Waals surface area contributed by atoms with Gasteiger partial charge in [-0.3, -0.25) is 0 Å². The molecule has 0 radical (unpaired) electrons. The van der Waals surface area contributed by atoms with Crippen molar-refractivity contribution in [1.82, 2.24) is 4.98 Å². The molecule has 3 nitrogen and oxygen atoms in total. The largest absolute Gasteiger partial charge is 0.481 e. The van der Waals surface area contributed by atoms with Crippen molar-refractivity contribution in [3.63, 3.8) is 0 Å². The van der Waals surface area contributed by atoms with Gasteiger partial charge in [0, 0.05) is 11.5 Å². The third-order valence-corrected chi connectivity index (χ3v) is 3.34. The van der Waals surface area contributed by atoms with Crippen molar-refractivity contribution in [1.29, 1.82) is 0 Å². The molecule has 0 fully saturated rings. The highest BCUT2D eigenvalue weighted by molar-refractivity contribution is 5.83. The second-order valence-electron chi connectivity index (χ2n) is 4.58. The zero-order chi connectivity index (χ0) is 13.9. The molecule has 0 aliphatic rings. The standard InChI is InChI=1S/C17H15NO2/c1-20-16-11-14(13-9-5-6-10-15(13)18-16)17(19)12-7-3-2-4-8-12/h2-11,17,19H,1H3. The maximum Gasteiger partial charge on any atom is 0.213 e. The SMILES string of the molecule is COc1cc(C(O)c2ccccc2)c2ccccc2n1. The van der Waals surface area contributed by atoms with Crippen LogP contribution in [0, 0.1) is 0 Å². The number of methoxy groups -OCH3 is 1. The van der Waals surface area contributed by atoms with Crippen molar-refractivity contribution in [2.45, 2.75) is 6.10 Å². The predicted octanol–water partition coefficient (Wildman–Crippen LogP) is 3.33. The van der Waals surface area contributed by atoms with Crippen molar-refractivity contribution in [2.24, 2.45) is 0 Å². The number of fused-ring (bicyclic) bond motifs is 1. The number of pyridine rings is 1. The van der Waals surface area contributed by atoms with Crippen LogP contribution in [0.25, 0.3) is 10.9 Å². The van der Waals surface area contributed by atoms with E-state index in [0.717, 1.165) is 22.0 Å². The molecule has 0 aliphatic heterocycles. The van der Waals surface area contributed by atoms with Crippen LogP contribution < -0.4 is 4.74 Å². The summed E-state index contributed by atoms with van der Waals surface area (Å²) in [7, 11) is 1.58. The molecule has 0 spiro atoms. The lowest BCUT2D eigenvalue weighted by Crippen LogP contribution is -2.02. The van der Waals surface area contributed by atoms with Gasteiger partial charge in [-0.15, -0.1) is 0 Å². The first kappa shape index (κ1) is 12.6. The van der Waals surface area contributed by atoms with Crippen LogP contribution in [0.5, 0.6) is 5.88 Å². The van der Waals surface area contributed by atoms with Crippen LogP contribution in [0.2, 0.25) is 0 Å². The van der Waals surface area contributed by atoms with Gasteiger partial charge < -0.3 is 9.84 Å². The van der Waals surface area contributed by atoms with E-state index in [0.29, 0.717) is 5.88 Å². The minimum absolute atomic E-state index is 0.508. The highest BCUT2D eigenvalue weighted by Gasteiger charge is 2.15. The second-order valence-corrected chi connectivity index (χ2v) is 4.58. The summed E-state index contributed by atoms with van der Waals surface area (Å²) in [6.07, 6.45) is -0.696. The summed E-state index contributed by atoms with van der Waals surface area (Å²) in [6.45, 7) is 0. The van der Waals surface area contributed by atoms with E-state index in [4.69, 9.17) is 4.74 Å². The normalized spacial score (nSPS) is 12.3. The monoisotopic (exact) mass is 265 g/mol. The first-order valence-electron chi connectivity index (χ1n) is 6.46. The molecule has 0 saturated heterocycles. The molecule has 0 bridgehead atoms. The third kappa shape index (κ3) is 2.24. The molecule has 1 unspecified atom stereocenters. The number of aliphatic hydroxyl groups is 1. The van der Waals surface area contributed by atoms with Crippen LogP contribution in [0.1, 0.15) is 17.2 Å². The Balaban J connectivity index is 2.19. The number of ether oxygens (including phenoxy) is 1. The summed E-state index contributed by atoms with van der Waals surface area (Å²) in [4.78, 5) is 4.40. The fraction of sp³-hybridized carbons (Fsp3) is 0.118. The molecule has 2 aromatic carbocycles. The summed E-state index contributed by atoms with van der Waals surface area (Å²) in [6, 6.07) is 19.1. The first-order valence-corrected chi connectivity index (χ1v) is 6.46. The number of para-hydroxylation sites is 1. The van der Waals surface area contributed by atoms with Gasteiger partial charge in [0.05, 0.1) is 12.6 Å². The molecule has 0 amide bonds. The van der Waals surface area contributed by atoms with E-state index in [1.165, 1.54) is 0 Å². The zero-order valence-electron chi connectivity index (χ0n) is 11.2. The Morgan fingerprint density at radius 2 is 1.70 bits per heavy atom. The molecule has 1 N–H and O–H groups in total. The molecule has 0 saturated carbocycles. The van der Waals surface area contributed by atoms with Crippen LogP contribution in [-0.4, -0.2) is 17.2 Å². The molecular formula is C17H15NO2. The molecule has 0 aliphatic carbocycles. The number of hydrogen-bond acceptors (Lipinski definition) is 3. The number of aliphatic hydroxyl groups excluding tert-OH is 1. The van der Waals surface area contributed by atoms with Gasteiger partial charge in [0.15, 0.2) is 0 Å². The van der Waals surface area contributed by atoms with Crippen molar-refractivity contribution < 1.29 is 9.84 Å². The highest BCUT2D eigenvalue weighted by Crippen LogP contribution is 2.30. The van der Waals surface area contributed by atoms with E-state index in [9.17, 15) is 5.11 Å². The van der Waals surface area contributed by atoms with Crippen molar-refractivity contribution >= 4 is 10.9 Å². The average molecular weight is 265 g/mol. The summed E-state index contributed by atoms with van der Waals surface area (Å²) < 4.78 is 5.23. The van der Waals surface area contributed by atoms with Crippen LogP contribution >= 0.6 is 0 Å². The number of aromatic nitrogens is 1. The highest BCUT2D eigenvalue weighted by atomic mass is 16.5. The molecule has 3 rings (SSSR count). The fourth-order valence-electron chi connectivity index (χ4n) is 2.32. The van der Waals surface area contributed by atoms with Gasteiger partial charge >= 0.3 is 0 Å². The van der Waals surface area contributed by atoms with E-state index in [1.807, 2.05) is 54.6 Å². The Bertz CT molecular complexity index is 725. The Morgan fingerprint density at radius 3 is 2.45 bits per heavy atom. The van der Waals surface area contributed by atoms with Gasteiger partial charge in [0.2, 0.25) is 5.88 Å². The number of hydrogen-bond donors (Lipinski definition) is 1. The van der Waals surface area contributed by atoms with Crippen LogP contribution in [0.15, 0.2) is 60.7 Å². The molecule has 1 heterocycles. The molecule has 20 heavy (non-hydrogen) atoms. The number of benzene rings is 2. The molecule has 1 aromatic heterocycles. The van der Waals surface area contributed by atoms with Gasteiger partial charge in [-0.05, 0) is 17.2 Å². The summed E-state index contributed by atoms with van der Waals surface area (Å²) in [5.41, 5.74) is 2.47. The van der Waals surface area contributed by atoms with E-state index >= 15 is 0 Å². The second kappa shape index (κ2) is 5.31. The van der Waals surface area contributed by atoms with E-state index < -0.39 is 6.10 Å². The molecular weight excluding hydrogens is 250 g/mol. The van der Waals surface area contributed by atoms with Gasteiger partial charge in [-0.25, -0.2) is 4.98 Å². The van der Waals surface area contributed by atoms with Crippen molar-refractivity contribution in [2.75, 3.05) is 7.11 Å². The molecule has 100 valence electrons. The van der Waals surface area contributed by atoms with Crippen LogP contribution in [0.3, 0.4) is 0 Å². The summed E-state index contributed by atoms with van der Waals surface area (Å²) in [5.74, 6) is 0.508. The quantitative estimate of drug-likeness (QED) is 0.790. The smallest absolute Gasteiger partial charge is 0.213 e. The zero-order valence-corrected chi connectivity index (χ0v) is 11.2. The lowest BCUT2D eigenvalue weighted by Gasteiger charge is -2.15. The van der Waals surface area contributed by atoms with Crippen LogP contribution in [0.4, 0.5) is 0 Å². The van der Waals surface area contributed by atoms with E-state index in [2.05, 4.69) is 4.98 Å². The average Bonchev–Trinajstić information content (AvgIpc) is 2.54. The fourth-order valence-corrected chi connectivity index (χ4v) is 2.32. The molecule has 3 heteroatoms. The van der Waals surface area contributed by atoms with E-state index in [1.54, 1.807) is 13.2 Å². The van der Waals surface area contributed by atoms with Gasteiger partial charge in [0.25, 0.3) is 0 Å². The summed E-state index contributed by atoms with van der Waals surface area (Å²) >= 11 is 0. The van der Waals surface area contributed by atoms with Crippen molar-refractivity contribution in [3.8, 4) is 5.88 Å². The third-order valence-electron chi connectivity index (χ3n) is 3.34. The number of nitrogens with zero attached hydrogens (tertiary/aromatic N) is 1. The minimum atomic E-state index is -0.696. The Kier molecular flexibility index (Phi) is 3.35. The molecule has 3 aromatic rings. The Labute approximate surface area is 117 Å². The predicted molar refractivity (Wildman–Crippen MR) is 78.8 cm³/mol. The maximum absolute atomic E-state index is 10.6. The Morgan fingerprint density at radius 1 is 1.00 bits per heavy atom. The molecule has 1 atom stereocenters. The topological polar surface area (TPSA) is 42.4 Å². The van der Waals surface area contributed by atoms with E-state index in [-0.39, 0.29) is 0 Å². The van der Waals surface area contributed by atoms with Gasteiger partial charge in [0.1, 0.15) is 6.10 Å². The lowest BCUT2D eigenvalue weighted by molar-refractivity contribution is 0.221. The van der Waals surface area contributed by atoms with Gasteiger partial charge in [-0.1, -0.05) is 48.5 Å². The first-order chi connectivity index (χ1) is 9.79. The minimum Gasteiger partial charge on any atom is -0.481 e. The van der Waals surface area contributed by atoms with Crippen LogP contribution in [-0.2, 0) is 0 Å². The lowest BCUT2D eigenvalue weighted by atomic mass is 9.98. The van der Waals surface area contributed by atoms with Gasteiger partial charge in [-0.2, -0.15) is 0 Å². The maximum atomic E-state index is 10.6. The number of rotatable bonds is 3.